The first-order chi connectivity index (χ1) is 8.68. The fourth-order valence-electron chi connectivity index (χ4n) is 2.73. The molecule has 1 amide bonds. The standard InChI is InChI=1S/C13H22N2O3/c1-10-4-2-3-5-13(10,9-14)15-12(16)11-8-17-6-7-18-11/h8,10H,2-7,9,14H2,1H3,(H,15,16). The fourth-order valence-corrected chi connectivity index (χ4v) is 2.73. The predicted octanol–water partition coefficient (Wildman–Crippen LogP) is 0.898. The topological polar surface area (TPSA) is 73.6 Å². The van der Waals surface area contributed by atoms with E-state index in [-0.39, 0.29) is 17.2 Å². The van der Waals surface area contributed by atoms with Gasteiger partial charge in [-0.2, -0.15) is 0 Å². The third-order valence-electron chi connectivity index (χ3n) is 4.05. The summed E-state index contributed by atoms with van der Waals surface area (Å²) in [6.45, 7) is 3.53. The van der Waals surface area contributed by atoms with Gasteiger partial charge in [0, 0.05) is 6.54 Å². The molecule has 1 fully saturated rings. The van der Waals surface area contributed by atoms with E-state index in [0.717, 1.165) is 19.3 Å². The molecular weight excluding hydrogens is 232 g/mol. The molecule has 5 nitrogen and oxygen atoms in total. The van der Waals surface area contributed by atoms with Gasteiger partial charge in [-0.1, -0.05) is 19.8 Å². The van der Waals surface area contributed by atoms with Gasteiger partial charge < -0.3 is 20.5 Å². The number of hydrogen-bond donors (Lipinski definition) is 2. The molecule has 0 saturated heterocycles. The summed E-state index contributed by atoms with van der Waals surface area (Å²) in [5.41, 5.74) is 5.61. The van der Waals surface area contributed by atoms with E-state index in [9.17, 15) is 4.79 Å². The van der Waals surface area contributed by atoms with Crippen molar-refractivity contribution in [2.75, 3.05) is 19.8 Å². The van der Waals surface area contributed by atoms with Gasteiger partial charge in [-0.25, -0.2) is 0 Å². The zero-order chi connectivity index (χ0) is 13.0. The van der Waals surface area contributed by atoms with Crippen LogP contribution >= 0.6 is 0 Å². The number of nitrogens with two attached hydrogens (primary N) is 1. The third-order valence-corrected chi connectivity index (χ3v) is 4.05. The van der Waals surface area contributed by atoms with E-state index in [1.807, 2.05) is 0 Å². The van der Waals surface area contributed by atoms with Crippen LogP contribution in [-0.2, 0) is 14.3 Å². The van der Waals surface area contributed by atoms with Crippen LogP contribution in [0.15, 0.2) is 12.0 Å². The monoisotopic (exact) mass is 254 g/mol. The summed E-state index contributed by atoms with van der Waals surface area (Å²) in [5.74, 6) is 0.436. The van der Waals surface area contributed by atoms with Crippen LogP contribution in [0.3, 0.4) is 0 Å². The zero-order valence-electron chi connectivity index (χ0n) is 10.9. The van der Waals surface area contributed by atoms with Crippen molar-refractivity contribution in [3.63, 3.8) is 0 Å². The molecule has 1 aliphatic carbocycles. The number of carbonyl (C=O) groups is 1. The Kier molecular flexibility index (Phi) is 4.11. The third kappa shape index (κ3) is 2.61. The minimum absolute atomic E-state index is 0.214. The molecular formula is C13H22N2O3. The second-order valence-electron chi connectivity index (χ2n) is 5.16. The lowest BCUT2D eigenvalue weighted by atomic mass is 9.73. The largest absolute Gasteiger partial charge is 0.494 e. The molecule has 0 spiro atoms. The number of rotatable bonds is 3. The van der Waals surface area contributed by atoms with Crippen LogP contribution in [0, 0.1) is 5.92 Å². The quantitative estimate of drug-likeness (QED) is 0.784. The molecule has 2 atom stereocenters. The van der Waals surface area contributed by atoms with E-state index >= 15 is 0 Å². The van der Waals surface area contributed by atoms with Crippen LogP contribution in [-0.4, -0.2) is 31.2 Å². The molecule has 0 aromatic rings. The number of amides is 1. The lowest BCUT2D eigenvalue weighted by Crippen LogP contribution is -2.59. The first kappa shape index (κ1) is 13.2. The molecule has 5 heteroatoms. The Morgan fingerprint density at radius 2 is 2.39 bits per heavy atom. The van der Waals surface area contributed by atoms with Gasteiger partial charge in [-0.05, 0) is 18.8 Å². The van der Waals surface area contributed by atoms with Gasteiger partial charge in [-0.3, -0.25) is 4.79 Å². The number of hydrogen-bond acceptors (Lipinski definition) is 4. The van der Waals surface area contributed by atoms with Gasteiger partial charge in [0.15, 0.2) is 0 Å². The van der Waals surface area contributed by atoms with Crippen LogP contribution in [0.25, 0.3) is 0 Å². The Hall–Kier alpha value is -1.23. The molecule has 1 aliphatic heterocycles. The summed E-state index contributed by atoms with van der Waals surface area (Å²) in [4.78, 5) is 12.1. The number of ether oxygens (including phenoxy) is 2. The Morgan fingerprint density at radius 3 is 3.00 bits per heavy atom. The first-order valence-corrected chi connectivity index (χ1v) is 6.65. The van der Waals surface area contributed by atoms with E-state index in [0.29, 0.717) is 25.7 Å². The van der Waals surface area contributed by atoms with Crippen LogP contribution in [0.4, 0.5) is 0 Å². The number of carbonyl (C=O) groups excluding carboxylic acids is 1. The van der Waals surface area contributed by atoms with Crippen LogP contribution in [0.2, 0.25) is 0 Å². The van der Waals surface area contributed by atoms with Gasteiger partial charge in [-0.15, -0.1) is 0 Å². The average molecular weight is 254 g/mol. The molecule has 0 bridgehead atoms. The van der Waals surface area contributed by atoms with Crippen molar-refractivity contribution in [2.45, 2.75) is 38.1 Å². The van der Waals surface area contributed by atoms with Gasteiger partial charge in [0.25, 0.3) is 5.91 Å². The van der Waals surface area contributed by atoms with Crippen LogP contribution in [0.1, 0.15) is 32.6 Å². The maximum atomic E-state index is 12.1. The Bertz CT molecular complexity index is 343. The molecule has 2 aliphatic rings. The maximum Gasteiger partial charge on any atom is 0.290 e. The van der Waals surface area contributed by atoms with Crippen molar-refractivity contribution < 1.29 is 14.3 Å². The minimum atomic E-state index is -0.295. The zero-order valence-corrected chi connectivity index (χ0v) is 10.9. The summed E-state index contributed by atoms with van der Waals surface area (Å²) in [6, 6.07) is 0. The van der Waals surface area contributed by atoms with E-state index in [2.05, 4.69) is 12.2 Å². The van der Waals surface area contributed by atoms with Crippen molar-refractivity contribution in [3.8, 4) is 0 Å². The minimum Gasteiger partial charge on any atom is -0.494 e. The molecule has 18 heavy (non-hydrogen) atoms. The molecule has 2 unspecified atom stereocenters. The predicted molar refractivity (Wildman–Crippen MR) is 67.5 cm³/mol. The summed E-state index contributed by atoms with van der Waals surface area (Å²) in [6.07, 6.45) is 5.74. The fraction of sp³-hybridized carbons (Fsp3) is 0.769. The lowest BCUT2D eigenvalue weighted by Gasteiger charge is -2.42. The normalized spacial score (nSPS) is 31.9. The average Bonchev–Trinajstić information content (AvgIpc) is 2.42. The summed E-state index contributed by atoms with van der Waals surface area (Å²) >= 11 is 0. The second kappa shape index (κ2) is 5.61. The Morgan fingerprint density at radius 1 is 1.56 bits per heavy atom. The molecule has 0 radical (unpaired) electrons. The molecule has 0 aromatic carbocycles. The first-order valence-electron chi connectivity index (χ1n) is 6.65. The highest BCUT2D eigenvalue weighted by molar-refractivity contribution is 5.91. The van der Waals surface area contributed by atoms with E-state index in [4.69, 9.17) is 15.2 Å². The molecule has 102 valence electrons. The molecule has 1 heterocycles. The molecule has 3 N–H and O–H groups in total. The Labute approximate surface area is 108 Å². The molecule has 0 aromatic heterocycles. The van der Waals surface area contributed by atoms with Crippen molar-refractivity contribution in [1.82, 2.24) is 5.32 Å². The second-order valence-corrected chi connectivity index (χ2v) is 5.16. The van der Waals surface area contributed by atoms with Gasteiger partial charge >= 0.3 is 0 Å². The van der Waals surface area contributed by atoms with E-state index in [1.54, 1.807) is 0 Å². The van der Waals surface area contributed by atoms with E-state index in [1.165, 1.54) is 12.7 Å². The summed E-state index contributed by atoms with van der Waals surface area (Å²) in [7, 11) is 0. The maximum absolute atomic E-state index is 12.1. The van der Waals surface area contributed by atoms with Crippen LogP contribution < -0.4 is 11.1 Å². The van der Waals surface area contributed by atoms with Crippen molar-refractivity contribution >= 4 is 5.91 Å². The molecule has 2 rings (SSSR count). The van der Waals surface area contributed by atoms with Crippen molar-refractivity contribution in [3.05, 3.63) is 12.0 Å². The van der Waals surface area contributed by atoms with Gasteiger partial charge in [0.1, 0.15) is 19.5 Å². The van der Waals surface area contributed by atoms with Crippen molar-refractivity contribution in [2.24, 2.45) is 11.7 Å². The van der Waals surface area contributed by atoms with Crippen molar-refractivity contribution in [1.29, 1.82) is 0 Å². The summed E-state index contributed by atoms with van der Waals surface area (Å²) in [5, 5.41) is 3.06. The van der Waals surface area contributed by atoms with Gasteiger partial charge in [0.2, 0.25) is 5.76 Å². The smallest absolute Gasteiger partial charge is 0.290 e. The van der Waals surface area contributed by atoms with E-state index < -0.39 is 0 Å². The highest BCUT2D eigenvalue weighted by atomic mass is 16.6. The molecule has 1 saturated carbocycles. The summed E-state index contributed by atoms with van der Waals surface area (Å²) < 4.78 is 10.4. The Balaban J connectivity index is 2.05. The SMILES string of the molecule is CC1CCCCC1(CN)NC(=O)C1=COCCO1. The van der Waals surface area contributed by atoms with Gasteiger partial charge in [0.05, 0.1) is 5.54 Å². The van der Waals surface area contributed by atoms with Crippen LogP contribution in [0.5, 0.6) is 0 Å². The lowest BCUT2D eigenvalue weighted by molar-refractivity contribution is -0.125. The number of nitrogens with one attached hydrogen (secondary N) is 1. The highest BCUT2D eigenvalue weighted by Crippen LogP contribution is 2.33. The highest BCUT2D eigenvalue weighted by Gasteiger charge is 2.39.